The minimum atomic E-state index is -0.391. The van der Waals surface area contributed by atoms with E-state index in [0.29, 0.717) is 11.3 Å². The van der Waals surface area contributed by atoms with E-state index in [1.807, 2.05) is 19.9 Å². The van der Waals surface area contributed by atoms with Crippen LogP contribution >= 0.6 is 15.9 Å². The first-order chi connectivity index (χ1) is 8.01. The molecule has 1 aromatic rings. The molecule has 0 radical (unpaired) electrons. The van der Waals surface area contributed by atoms with Crippen LogP contribution in [0.3, 0.4) is 0 Å². The Morgan fingerprint density at radius 1 is 1.47 bits per heavy atom. The van der Waals surface area contributed by atoms with Crippen LogP contribution in [0.4, 0.5) is 0 Å². The van der Waals surface area contributed by atoms with Crippen LogP contribution in [-0.4, -0.2) is 24.6 Å². The topological polar surface area (TPSA) is 46.5 Å². The van der Waals surface area contributed by atoms with Gasteiger partial charge in [-0.15, -0.1) is 0 Å². The van der Waals surface area contributed by atoms with E-state index in [1.54, 1.807) is 12.1 Å². The van der Waals surface area contributed by atoms with Crippen molar-refractivity contribution in [2.45, 2.75) is 13.8 Å². The normalized spacial score (nSPS) is 12.6. The first-order valence-electron chi connectivity index (χ1n) is 5.49. The van der Waals surface area contributed by atoms with Gasteiger partial charge >= 0.3 is 0 Å². The van der Waals surface area contributed by atoms with Crippen LogP contribution < -0.4 is 4.74 Å². The third kappa shape index (κ3) is 3.30. The summed E-state index contributed by atoms with van der Waals surface area (Å²) in [6.07, 6.45) is 0. The first kappa shape index (κ1) is 14.2. The maximum Gasteiger partial charge on any atom is 0.172 e. The van der Waals surface area contributed by atoms with E-state index in [2.05, 4.69) is 15.9 Å². The standard InChI is InChI=1S/C13H17BrO3/c1-8(2)11(7-15)13(16)10-6-9(14)4-5-12(10)17-3/h4-6,8,11,15H,7H2,1-3H3. The molecule has 0 aliphatic rings. The predicted octanol–water partition coefficient (Wildman–Crippen LogP) is 2.90. The number of Topliss-reactive ketones (excluding diaryl/α,β-unsaturated/α-hetero) is 1. The van der Waals surface area contributed by atoms with Crippen LogP contribution in [0.25, 0.3) is 0 Å². The van der Waals surface area contributed by atoms with E-state index < -0.39 is 5.92 Å². The fourth-order valence-corrected chi connectivity index (χ4v) is 2.03. The third-order valence-corrected chi connectivity index (χ3v) is 3.26. The lowest BCUT2D eigenvalue weighted by Gasteiger charge is -2.18. The molecule has 0 spiro atoms. The highest BCUT2D eigenvalue weighted by molar-refractivity contribution is 9.10. The summed E-state index contributed by atoms with van der Waals surface area (Å²) in [5.41, 5.74) is 0.509. The van der Waals surface area contributed by atoms with Crippen molar-refractivity contribution in [3.8, 4) is 5.75 Å². The molecule has 0 aliphatic heterocycles. The molecule has 1 rings (SSSR count). The number of halogens is 1. The molecule has 0 bridgehead atoms. The molecule has 3 nitrogen and oxygen atoms in total. The zero-order chi connectivity index (χ0) is 13.0. The lowest BCUT2D eigenvalue weighted by molar-refractivity contribution is 0.0803. The molecular formula is C13H17BrO3. The van der Waals surface area contributed by atoms with Gasteiger partial charge < -0.3 is 9.84 Å². The summed E-state index contributed by atoms with van der Waals surface area (Å²) in [6.45, 7) is 3.69. The zero-order valence-electron chi connectivity index (χ0n) is 10.2. The average molecular weight is 301 g/mol. The van der Waals surface area contributed by atoms with Crippen LogP contribution in [0.1, 0.15) is 24.2 Å². The summed E-state index contributed by atoms with van der Waals surface area (Å²) >= 11 is 3.33. The van der Waals surface area contributed by atoms with E-state index in [1.165, 1.54) is 7.11 Å². The largest absolute Gasteiger partial charge is 0.496 e. The second-order valence-corrected chi connectivity index (χ2v) is 5.16. The Morgan fingerprint density at radius 3 is 2.59 bits per heavy atom. The molecule has 0 aliphatic carbocycles. The van der Waals surface area contributed by atoms with Crippen LogP contribution in [0.15, 0.2) is 22.7 Å². The molecule has 94 valence electrons. The van der Waals surface area contributed by atoms with Crippen molar-refractivity contribution in [3.63, 3.8) is 0 Å². The number of carbonyl (C=O) groups is 1. The Bertz CT molecular complexity index is 402. The smallest absolute Gasteiger partial charge is 0.172 e. The maximum absolute atomic E-state index is 12.3. The highest BCUT2D eigenvalue weighted by atomic mass is 79.9. The van der Waals surface area contributed by atoms with E-state index in [9.17, 15) is 9.90 Å². The van der Waals surface area contributed by atoms with Gasteiger partial charge in [-0.2, -0.15) is 0 Å². The van der Waals surface area contributed by atoms with Crippen molar-refractivity contribution >= 4 is 21.7 Å². The second-order valence-electron chi connectivity index (χ2n) is 4.24. The number of ether oxygens (including phenoxy) is 1. The van der Waals surface area contributed by atoms with Gasteiger partial charge in [0.15, 0.2) is 5.78 Å². The van der Waals surface area contributed by atoms with Gasteiger partial charge in [-0.05, 0) is 24.1 Å². The predicted molar refractivity (Wildman–Crippen MR) is 70.4 cm³/mol. The van der Waals surface area contributed by atoms with Gasteiger partial charge in [0.05, 0.1) is 19.3 Å². The van der Waals surface area contributed by atoms with Crippen LogP contribution in [0.2, 0.25) is 0 Å². The highest BCUT2D eigenvalue weighted by Gasteiger charge is 2.25. The first-order valence-corrected chi connectivity index (χ1v) is 6.29. The van der Waals surface area contributed by atoms with E-state index in [-0.39, 0.29) is 18.3 Å². The van der Waals surface area contributed by atoms with Gasteiger partial charge in [-0.1, -0.05) is 29.8 Å². The molecule has 17 heavy (non-hydrogen) atoms. The Kier molecular flexibility index (Phi) is 5.15. The van der Waals surface area contributed by atoms with Gasteiger partial charge in [0, 0.05) is 10.4 Å². The number of ketones is 1. The zero-order valence-corrected chi connectivity index (χ0v) is 11.8. The summed E-state index contributed by atoms with van der Waals surface area (Å²) in [7, 11) is 1.53. The Hall–Kier alpha value is -0.870. The number of benzene rings is 1. The second kappa shape index (κ2) is 6.17. The van der Waals surface area contributed by atoms with Gasteiger partial charge in [-0.3, -0.25) is 4.79 Å². The average Bonchev–Trinajstić information content (AvgIpc) is 2.29. The number of aliphatic hydroxyl groups is 1. The Morgan fingerprint density at radius 2 is 2.12 bits per heavy atom. The molecular weight excluding hydrogens is 284 g/mol. The van der Waals surface area contributed by atoms with Gasteiger partial charge in [0.1, 0.15) is 5.75 Å². The molecule has 1 unspecified atom stereocenters. The van der Waals surface area contributed by atoms with Gasteiger partial charge in [-0.25, -0.2) is 0 Å². The number of hydrogen-bond acceptors (Lipinski definition) is 3. The fraction of sp³-hybridized carbons (Fsp3) is 0.462. The molecule has 0 saturated carbocycles. The molecule has 1 atom stereocenters. The van der Waals surface area contributed by atoms with Crippen molar-refractivity contribution in [1.82, 2.24) is 0 Å². The highest BCUT2D eigenvalue weighted by Crippen LogP contribution is 2.27. The summed E-state index contributed by atoms with van der Waals surface area (Å²) in [4.78, 5) is 12.3. The molecule has 4 heteroatoms. The molecule has 0 heterocycles. The van der Waals surface area contributed by atoms with Crippen molar-refractivity contribution in [2.75, 3.05) is 13.7 Å². The van der Waals surface area contributed by atoms with E-state index in [0.717, 1.165) is 4.47 Å². The number of hydrogen-bond donors (Lipinski definition) is 1. The minimum absolute atomic E-state index is 0.0827. The van der Waals surface area contributed by atoms with Crippen molar-refractivity contribution < 1.29 is 14.6 Å². The van der Waals surface area contributed by atoms with Crippen molar-refractivity contribution in [2.24, 2.45) is 11.8 Å². The number of rotatable bonds is 5. The van der Waals surface area contributed by atoms with Crippen molar-refractivity contribution in [3.05, 3.63) is 28.2 Å². The van der Waals surface area contributed by atoms with Gasteiger partial charge in [0.2, 0.25) is 0 Å². The third-order valence-electron chi connectivity index (χ3n) is 2.77. The number of methoxy groups -OCH3 is 1. The lowest BCUT2D eigenvalue weighted by Crippen LogP contribution is -2.24. The summed E-state index contributed by atoms with van der Waals surface area (Å²) in [6, 6.07) is 5.29. The number of aliphatic hydroxyl groups excluding tert-OH is 1. The Balaban J connectivity index is 3.13. The number of carbonyl (C=O) groups excluding carboxylic acids is 1. The molecule has 1 aromatic carbocycles. The fourth-order valence-electron chi connectivity index (χ4n) is 1.67. The molecule has 0 fully saturated rings. The van der Waals surface area contributed by atoms with E-state index in [4.69, 9.17) is 4.74 Å². The van der Waals surface area contributed by atoms with Crippen LogP contribution in [0.5, 0.6) is 5.75 Å². The molecule has 1 N–H and O–H groups in total. The Labute approximate surface area is 110 Å². The van der Waals surface area contributed by atoms with Crippen LogP contribution in [-0.2, 0) is 0 Å². The van der Waals surface area contributed by atoms with E-state index >= 15 is 0 Å². The van der Waals surface area contributed by atoms with Gasteiger partial charge in [0.25, 0.3) is 0 Å². The SMILES string of the molecule is COc1ccc(Br)cc1C(=O)C(CO)C(C)C. The summed E-state index contributed by atoms with van der Waals surface area (Å²) in [5, 5.41) is 9.29. The molecule has 0 aromatic heterocycles. The van der Waals surface area contributed by atoms with Crippen molar-refractivity contribution in [1.29, 1.82) is 0 Å². The monoisotopic (exact) mass is 300 g/mol. The summed E-state index contributed by atoms with van der Waals surface area (Å²) < 4.78 is 5.99. The quantitative estimate of drug-likeness (QED) is 0.851. The molecule has 0 saturated heterocycles. The summed E-state index contributed by atoms with van der Waals surface area (Å²) in [5.74, 6) is 0.160. The maximum atomic E-state index is 12.3. The van der Waals surface area contributed by atoms with Crippen LogP contribution in [0, 0.1) is 11.8 Å². The lowest BCUT2D eigenvalue weighted by atomic mass is 9.88. The molecule has 0 amide bonds. The minimum Gasteiger partial charge on any atom is -0.496 e.